The molecule has 0 unspecified atom stereocenters. The summed E-state index contributed by atoms with van der Waals surface area (Å²) in [5, 5.41) is 3.76. The highest BCUT2D eigenvalue weighted by atomic mass is 16.5. The Morgan fingerprint density at radius 2 is 1.85 bits per heavy atom. The van der Waals surface area contributed by atoms with Gasteiger partial charge in [-0.15, -0.1) is 0 Å². The molecule has 0 aliphatic heterocycles. The van der Waals surface area contributed by atoms with Gasteiger partial charge in [-0.2, -0.15) is 0 Å². The highest BCUT2D eigenvalue weighted by Gasteiger charge is 2.12. The van der Waals surface area contributed by atoms with Crippen molar-refractivity contribution in [1.82, 2.24) is 10.3 Å². The monoisotopic (exact) mass is 348 g/mol. The molecule has 4 heteroatoms. The van der Waals surface area contributed by atoms with Crippen LogP contribution in [0, 0.1) is 6.92 Å². The standard InChI is InChI=1S/C22H24N2O2/c1-4-12-23-22(25)17-10-11-19-18(13-17)21(26-5-2)14-20(24-19)16-8-6-15(3)7-9-16/h6-11,13-14H,4-5,12H2,1-3H3,(H,23,25). The first kappa shape index (κ1) is 17.9. The molecular formula is C22H24N2O2. The third kappa shape index (κ3) is 3.85. The number of amides is 1. The number of carbonyl (C=O) groups is 1. The van der Waals surface area contributed by atoms with Gasteiger partial charge in [0.25, 0.3) is 5.91 Å². The van der Waals surface area contributed by atoms with Crippen molar-refractivity contribution in [3.05, 3.63) is 59.7 Å². The van der Waals surface area contributed by atoms with E-state index in [1.165, 1.54) is 5.56 Å². The number of hydrogen-bond donors (Lipinski definition) is 1. The Labute approximate surface area is 154 Å². The topological polar surface area (TPSA) is 51.2 Å². The quantitative estimate of drug-likeness (QED) is 0.699. The van der Waals surface area contributed by atoms with Crippen LogP contribution in [0.4, 0.5) is 0 Å². The van der Waals surface area contributed by atoms with Crippen molar-refractivity contribution in [2.75, 3.05) is 13.2 Å². The van der Waals surface area contributed by atoms with Gasteiger partial charge in [0, 0.05) is 29.1 Å². The molecule has 0 saturated heterocycles. The van der Waals surface area contributed by atoms with Gasteiger partial charge >= 0.3 is 0 Å². The van der Waals surface area contributed by atoms with Crippen LogP contribution in [0.25, 0.3) is 22.2 Å². The van der Waals surface area contributed by atoms with E-state index in [0.717, 1.165) is 34.3 Å². The van der Waals surface area contributed by atoms with Crippen LogP contribution in [0.15, 0.2) is 48.5 Å². The van der Waals surface area contributed by atoms with Gasteiger partial charge in [-0.05, 0) is 38.5 Å². The molecule has 0 radical (unpaired) electrons. The molecule has 1 N–H and O–H groups in total. The Bertz CT molecular complexity index is 917. The minimum Gasteiger partial charge on any atom is -0.493 e. The fourth-order valence-electron chi connectivity index (χ4n) is 2.82. The number of rotatable bonds is 6. The van der Waals surface area contributed by atoms with Gasteiger partial charge in [-0.1, -0.05) is 36.8 Å². The van der Waals surface area contributed by atoms with E-state index in [4.69, 9.17) is 9.72 Å². The summed E-state index contributed by atoms with van der Waals surface area (Å²) in [6.07, 6.45) is 0.908. The van der Waals surface area contributed by atoms with Gasteiger partial charge < -0.3 is 10.1 Å². The molecule has 0 saturated carbocycles. The van der Waals surface area contributed by atoms with E-state index in [2.05, 4.69) is 36.5 Å². The fraction of sp³-hybridized carbons (Fsp3) is 0.273. The first-order chi connectivity index (χ1) is 12.6. The van der Waals surface area contributed by atoms with Crippen LogP contribution in [-0.4, -0.2) is 24.0 Å². The lowest BCUT2D eigenvalue weighted by atomic mass is 10.1. The molecule has 0 atom stereocenters. The summed E-state index contributed by atoms with van der Waals surface area (Å²) in [5.41, 5.74) is 4.56. The lowest BCUT2D eigenvalue weighted by molar-refractivity contribution is 0.0954. The average molecular weight is 348 g/mol. The second-order valence-corrected chi connectivity index (χ2v) is 6.29. The number of aromatic nitrogens is 1. The van der Waals surface area contributed by atoms with Crippen molar-refractivity contribution in [3.8, 4) is 17.0 Å². The van der Waals surface area contributed by atoms with Gasteiger partial charge in [0.15, 0.2) is 0 Å². The molecule has 0 aliphatic carbocycles. The third-order valence-corrected chi connectivity index (χ3v) is 4.22. The number of nitrogens with one attached hydrogen (secondary N) is 1. The molecule has 3 aromatic rings. The van der Waals surface area contributed by atoms with E-state index < -0.39 is 0 Å². The van der Waals surface area contributed by atoms with Crippen molar-refractivity contribution in [1.29, 1.82) is 0 Å². The molecule has 26 heavy (non-hydrogen) atoms. The van der Waals surface area contributed by atoms with E-state index >= 15 is 0 Å². The van der Waals surface area contributed by atoms with Gasteiger partial charge in [-0.3, -0.25) is 4.79 Å². The minimum absolute atomic E-state index is 0.0705. The van der Waals surface area contributed by atoms with Crippen LogP contribution < -0.4 is 10.1 Å². The number of carbonyl (C=O) groups excluding carboxylic acids is 1. The first-order valence-electron chi connectivity index (χ1n) is 9.05. The normalized spacial score (nSPS) is 10.7. The predicted molar refractivity (Wildman–Crippen MR) is 106 cm³/mol. The minimum atomic E-state index is -0.0705. The summed E-state index contributed by atoms with van der Waals surface area (Å²) in [5.74, 6) is 0.678. The molecule has 3 rings (SSSR count). The van der Waals surface area contributed by atoms with Gasteiger partial charge in [0.2, 0.25) is 0 Å². The Hall–Kier alpha value is -2.88. The van der Waals surface area contributed by atoms with Crippen molar-refractivity contribution in [3.63, 3.8) is 0 Å². The van der Waals surface area contributed by atoms with Crippen LogP contribution in [0.3, 0.4) is 0 Å². The Morgan fingerprint density at radius 3 is 2.54 bits per heavy atom. The summed E-state index contributed by atoms with van der Waals surface area (Å²) in [6, 6.07) is 15.8. The summed E-state index contributed by atoms with van der Waals surface area (Å²) in [4.78, 5) is 17.0. The van der Waals surface area contributed by atoms with Crippen molar-refractivity contribution < 1.29 is 9.53 Å². The highest BCUT2D eigenvalue weighted by molar-refractivity contribution is 5.99. The Balaban J connectivity index is 2.06. The summed E-state index contributed by atoms with van der Waals surface area (Å²) < 4.78 is 5.85. The van der Waals surface area contributed by atoms with Crippen molar-refractivity contribution in [2.45, 2.75) is 27.2 Å². The first-order valence-corrected chi connectivity index (χ1v) is 9.05. The summed E-state index contributed by atoms with van der Waals surface area (Å²) in [7, 11) is 0. The molecule has 0 spiro atoms. The summed E-state index contributed by atoms with van der Waals surface area (Å²) in [6.45, 7) is 7.27. The molecule has 1 amide bonds. The molecule has 1 heterocycles. The van der Waals surface area contributed by atoms with Crippen molar-refractivity contribution in [2.24, 2.45) is 0 Å². The maximum Gasteiger partial charge on any atom is 0.251 e. The maximum absolute atomic E-state index is 12.3. The Morgan fingerprint density at radius 1 is 1.08 bits per heavy atom. The van der Waals surface area contributed by atoms with Crippen LogP contribution in [0.1, 0.15) is 36.2 Å². The molecule has 4 nitrogen and oxygen atoms in total. The molecule has 0 aliphatic rings. The van der Waals surface area contributed by atoms with E-state index in [1.54, 1.807) is 0 Å². The fourth-order valence-corrected chi connectivity index (χ4v) is 2.82. The van der Waals surface area contributed by atoms with Crippen LogP contribution in [0.5, 0.6) is 5.75 Å². The number of pyridine rings is 1. The SMILES string of the molecule is CCCNC(=O)c1ccc2nc(-c3ccc(C)cc3)cc(OCC)c2c1. The second-order valence-electron chi connectivity index (χ2n) is 6.29. The van der Waals surface area contributed by atoms with Crippen LogP contribution in [0.2, 0.25) is 0 Å². The van der Waals surface area contributed by atoms with E-state index in [-0.39, 0.29) is 5.91 Å². The van der Waals surface area contributed by atoms with Gasteiger partial charge in [0.05, 0.1) is 17.8 Å². The largest absolute Gasteiger partial charge is 0.493 e. The molecule has 1 aromatic heterocycles. The smallest absolute Gasteiger partial charge is 0.251 e. The van der Waals surface area contributed by atoms with Crippen molar-refractivity contribution >= 4 is 16.8 Å². The Kier molecular flexibility index (Phi) is 5.52. The average Bonchev–Trinajstić information content (AvgIpc) is 2.66. The zero-order valence-electron chi connectivity index (χ0n) is 15.5. The van der Waals surface area contributed by atoms with E-state index in [0.29, 0.717) is 18.7 Å². The lowest BCUT2D eigenvalue weighted by Gasteiger charge is -2.12. The van der Waals surface area contributed by atoms with E-state index in [9.17, 15) is 4.79 Å². The number of ether oxygens (including phenoxy) is 1. The number of benzene rings is 2. The summed E-state index contributed by atoms with van der Waals surface area (Å²) >= 11 is 0. The van der Waals surface area contributed by atoms with Crippen LogP contribution >= 0.6 is 0 Å². The number of hydrogen-bond acceptors (Lipinski definition) is 3. The predicted octanol–water partition coefficient (Wildman–Crippen LogP) is 4.75. The van der Waals surface area contributed by atoms with Gasteiger partial charge in [0.1, 0.15) is 5.75 Å². The zero-order chi connectivity index (χ0) is 18.5. The zero-order valence-corrected chi connectivity index (χ0v) is 15.5. The van der Waals surface area contributed by atoms with E-state index in [1.807, 2.05) is 38.1 Å². The molecule has 134 valence electrons. The second kappa shape index (κ2) is 8.00. The highest BCUT2D eigenvalue weighted by Crippen LogP contribution is 2.31. The third-order valence-electron chi connectivity index (χ3n) is 4.22. The maximum atomic E-state index is 12.3. The van der Waals surface area contributed by atoms with Crippen LogP contribution in [-0.2, 0) is 0 Å². The molecule has 0 fully saturated rings. The molecule has 0 bridgehead atoms. The lowest BCUT2D eigenvalue weighted by Crippen LogP contribution is -2.23. The molecular weight excluding hydrogens is 324 g/mol. The number of fused-ring (bicyclic) bond motifs is 1. The molecule has 2 aromatic carbocycles. The number of aryl methyl sites for hydroxylation is 1. The number of nitrogens with zero attached hydrogens (tertiary/aromatic N) is 1. The van der Waals surface area contributed by atoms with Gasteiger partial charge in [-0.25, -0.2) is 4.98 Å².